The van der Waals surface area contributed by atoms with Crippen LogP contribution in [0.3, 0.4) is 0 Å². The minimum Gasteiger partial charge on any atom is -0.462 e. The third-order valence-electron chi connectivity index (χ3n) is 5.24. The van der Waals surface area contributed by atoms with Gasteiger partial charge in [-0.2, -0.15) is 0 Å². The summed E-state index contributed by atoms with van der Waals surface area (Å²) in [5.41, 5.74) is 1.14. The number of hydrogen-bond acceptors (Lipinski definition) is 4. The molecule has 1 aromatic carbocycles. The largest absolute Gasteiger partial charge is 0.462 e. The topological polar surface area (TPSA) is 72.5 Å². The Kier molecular flexibility index (Phi) is 5.51. The highest BCUT2D eigenvalue weighted by molar-refractivity contribution is 5.96. The van der Waals surface area contributed by atoms with Gasteiger partial charge >= 0.3 is 5.97 Å². The highest BCUT2D eigenvalue weighted by Crippen LogP contribution is 2.40. The van der Waals surface area contributed by atoms with Gasteiger partial charge in [0.05, 0.1) is 12.2 Å². The van der Waals surface area contributed by atoms with E-state index in [1.165, 1.54) is 0 Å². The smallest absolute Gasteiger partial charge is 0.338 e. The molecule has 1 N–H and O–H groups in total. The molecule has 2 fully saturated rings. The number of amides is 1. The number of fused-ring (bicyclic) bond motifs is 2. The third-order valence-corrected chi connectivity index (χ3v) is 5.24. The average Bonchev–Trinajstić information content (AvgIpc) is 2.60. The molecule has 0 aromatic heterocycles. The Morgan fingerprint density at radius 3 is 2.36 bits per heavy atom. The van der Waals surface area contributed by atoms with Crippen molar-refractivity contribution in [3.63, 3.8) is 0 Å². The number of carbonyl (C=O) groups excluding carboxylic acids is 3. The zero-order valence-electron chi connectivity index (χ0n) is 14.6. The van der Waals surface area contributed by atoms with E-state index in [1.54, 1.807) is 24.3 Å². The van der Waals surface area contributed by atoms with E-state index in [0.717, 1.165) is 25.7 Å². The van der Waals surface area contributed by atoms with E-state index in [2.05, 4.69) is 5.32 Å². The Morgan fingerprint density at radius 1 is 1.12 bits per heavy atom. The number of carbonyl (C=O) groups is 3. The average molecular weight is 343 g/mol. The van der Waals surface area contributed by atoms with E-state index in [9.17, 15) is 14.4 Å². The van der Waals surface area contributed by atoms with Crippen LogP contribution in [-0.2, 0) is 14.3 Å². The molecule has 0 heterocycles. The lowest BCUT2D eigenvalue weighted by atomic mass is 9.67. The highest BCUT2D eigenvalue weighted by Gasteiger charge is 2.41. The van der Waals surface area contributed by atoms with Crippen LogP contribution in [0.25, 0.3) is 0 Å². The number of benzene rings is 1. The maximum atomic E-state index is 12.6. The van der Waals surface area contributed by atoms with Crippen molar-refractivity contribution in [2.75, 3.05) is 11.9 Å². The standard InChI is InChI=1S/C20H25NO4/c1-2-10-25-20(24)13-6-8-17(9-7-13)21-19(23)16-11-14-4-3-5-15(12-16)18(14)22/h6-9,14-16H,2-5,10-12H2,1H3,(H,21,23). The molecule has 25 heavy (non-hydrogen) atoms. The van der Waals surface area contributed by atoms with Crippen molar-refractivity contribution < 1.29 is 19.1 Å². The van der Waals surface area contributed by atoms with Gasteiger partial charge in [0.2, 0.25) is 5.91 Å². The van der Waals surface area contributed by atoms with Gasteiger partial charge in [0.15, 0.2) is 0 Å². The minimum atomic E-state index is -0.349. The van der Waals surface area contributed by atoms with Gasteiger partial charge in [-0.05, 0) is 56.4 Å². The number of ketones is 1. The van der Waals surface area contributed by atoms with Gasteiger partial charge in [0, 0.05) is 23.4 Å². The first kappa shape index (κ1) is 17.6. The van der Waals surface area contributed by atoms with Crippen LogP contribution >= 0.6 is 0 Å². The lowest BCUT2D eigenvalue weighted by molar-refractivity contribution is -0.136. The van der Waals surface area contributed by atoms with Crippen LogP contribution in [0.1, 0.15) is 55.8 Å². The molecular formula is C20H25NO4. The Hall–Kier alpha value is -2.17. The molecule has 3 rings (SSSR count). The van der Waals surface area contributed by atoms with Gasteiger partial charge in [-0.25, -0.2) is 4.79 Å². The predicted octanol–water partition coefficient (Wildman–Crippen LogP) is 3.59. The predicted molar refractivity (Wildman–Crippen MR) is 94.2 cm³/mol. The van der Waals surface area contributed by atoms with Crippen molar-refractivity contribution in [3.05, 3.63) is 29.8 Å². The zero-order chi connectivity index (χ0) is 17.8. The molecule has 0 saturated heterocycles. The fourth-order valence-corrected chi connectivity index (χ4v) is 3.91. The SMILES string of the molecule is CCCOC(=O)c1ccc(NC(=O)C2CC3CCCC(C2)C3=O)cc1. The number of esters is 1. The molecule has 2 bridgehead atoms. The van der Waals surface area contributed by atoms with Gasteiger partial charge in [0.25, 0.3) is 0 Å². The van der Waals surface area contributed by atoms with Crippen LogP contribution in [0.4, 0.5) is 5.69 Å². The summed E-state index contributed by atoms with van der Waals surface area (Å²) in [7, 11) is 0. The number of ether oxygens (including phenoxy) is 1. The Bertz CT molecular complexity index is 636. The van der Waals surface area contributed by atoms with Gasteiger partial charge in [-0.1, -0.05) is 13.3 Å². The first-order valence-electron chi connectivity index (χ1n) is 9.20. The summed E-state index contributed by atoms with van der Waals surface area (Å²) in [6.45, 7) is 2.35. The highest BCUT2D eigenvalue weighted by atomic mass is 16.5. The van der Waals surface area contributed by atoms with Crippen molar-refractivity contribution in [2.45, 2.75) is 45.4 Å². The maximum Gasteiger partial charge on any atom is 0.338 e. The zero-order valence-corrected chi connectivity index (χ0v) is 14.6. The van der Waals surface area contributed by atoms with Crippen molar-refractivity contribution in [2.24, 2.45) is 17.8 Å². The second-order valence-electron chi connectivity index (χ2n) is 7.10. The molecule has 5 nitrogen and oxygen atoms in total. The summed E-state index contributed by atoms with van der Waals surface area (Å²) in [5, 5.41) is 2.92. The third kappa shape index (κ3) is 4.09. The minimum absolute atomic E-state index is 0.0225. The molecule has 2 unspecified atom stereocenters. The van der Waals surface area contributed by atoms with Gasteiger partial charge in [0.1, 0.15) is 5.78 Å². The van der Waals surface area contributed by atoms with Crippen LogP contribution in [0, 0.1) is 17.8 Å². The summed E-state index contributed by atoms with van der Waals surface area (Å²) >= 11 is 0. The first-order valence-corrected chi connectivity index (χ1v) is 9.20. The van der Waals surface area contributed by atoms with Gasteiger partial charge in [-0.3, -0.25) is 9.59 Å². The summed E-state index contributed by atoms with van der Waals surface area (Å²) < 4.78 is 5.09. The van der Waals surface area contributed by atoms with E-state index in [1.807, 2.05) is 6.92 Å². The number of rotatable bonds is 5. The first-order chi connectivity index (χ1) is 12.1. The van der Waals surface area contributed by atoms with E-state index < -0.39 is 0 Å². The van der Waals surface area contributed by atoms with Crippen LogP contribution in [0.5, 0.6) is 0 Å². The molecule has 5 heteroatoms. The molecule has 2 atom stereocenters. The fraction of sp³-hybridized carbons (Fsp3) is 0.550. The van der Waals surface area contributed by atoms with Crippen LogP contribution in [-0.4, -0.2) is 24.3 Å². The molecule has 1 amide bonds. The van der Waals surface area contributed by atoms with E-state index >= 15 is 0 Å². The molecule has 0 radical (unpaired) electrons. The molecule has 2 aliphatic carbocycles. The second kappa shape index (κ2) is 7.81. The molecule has 2 saturated carbocycles. The van der Waals surface area contributed by atoms with Crippen LogP contribution in [0.2, 0.25) is 0 Å². The number of Topliss-reactive ketones (excluding diaryl/α,β-unsaturated/α-hetero) is 1. The molecule has 134 valence electrons. The summed E-state index contributed by atoms with van der Waals surface area (Å²) in [5.74, 6) is 0.0365. The molecule has 2 aliphatic rings. The van der Waals surface area contributed by atoms with Crippen molar-refractivity contribution in [1.82, 2.24) is 0 Å². The molecule has 1 aromatic rings. The van der Waals surface area contributed by atoms with Gasteiger partial charge < -0.3 is 10.1 Å². The quantitative estimate of drug-likeness (QED) is 0.829. The summed E-state index contributed by atoms with van der Waals surface area (Å²) in [6, 6.07) is 6.75. The lowest BCUT2D eigenvalue weighted by Gasteiger charge is -2.36. The van der Waals surface area contributed by atoms with Crippen molar-refractivity contribution >= 4 is 23.3 Å². The fourth-order valence-electron chi connectivity index (χ4n) is 3.91. The Balaban J connectivity index is 1.58. The Morgan fingerprint density at radius 2 is 1.76 bits per heavy atom. The summed E-state index contributed by atoms with van der Waals surface area (Å²) in [6.07, 6.45) is 5.07. The molecular weight excluding hydrogens is 318 g/mol. The second-order valence-corrected chi connectivity index (χ2v) is 7.10. The number of nitrogens with one attached hydrogen (secondary N) is 1. The Labute approximate surface area is 148 Å². The van der Waals surface area contributed by atoms with Crippen LogP contribution < -0.4 is 5.32 Å². The van der Waals surface area contributed by atoms with Gasteiger partial charge in [-0.15, -0.1) is 0 Å². The number of anilines is 1. The lowest BCUT2D eigenvalue weighted by Crippen LogP contribution is -2.40. The number of hydrogen-bond donors (Lipinski definition) is 1. The van der Waals surface area contributed by atoms with Crippen LogP contribution in [0.15, 0.2) is 24.3 Å². The summed E-state index contributed by atoms with van der Waals surface area (Å²) in [4.78, 5) is 36.5. The maximum absolute atomic E-state index is 12.6. The van der Waals surface area contributed by atoms with Crippen molar-refractivity contribution in [1.29, 1.82) is 0 Å². The molecule has 0 aliphatic heterocycles. The monoisotopic (exact) mass is 343 g/mol. The van der Waals surface area contributed by atoms with E-state index in [4.69, 9.17) is 4.74 Å². The van der Waals surface area contributed by atoms with E-state index in [-0.39, 0.29) is 29.6 Å². The normalized spacial score (nSPS) is 25.3. The van der Waals surface area contributed by atoms with Crippen molar-refractivity contribution in [3.8, 4) is 0 Å². The van der Waals surface area contributed by atoms with E-state index in [0.29, 0.717) is 36.5 Å². The molecule has 0 spiro atoms.